The molecule has 6 heteroatoms. The highest BCUT2D eigenvalue weighted by molar-refractivity contribution is 5.97. The van der Waals surface area contributed by atoms with Crippen molar-refractivity contribution in [1.29, 1.82) is 5.26 Å². The van der Waals surface area contributed by atoms with Gasteiger partial charge < -0.3 is 14.8 Å². The second-order valence-corrected chi connectivity index (χ2v) is 8.33. The van der Waals surface area contributed by atoms with Crippen molar-refractivity contribution in [2.75, 3.05) is 18.5 Å². The molecule has 160 valence electrons. The fraction of sp³-hybridized carbons (Fsp3) is 0.400. The molecule has 2 aliphatic rings. The first-order chi connectivity index (χ1) is 15.0. The number of aryl methyl sites for hydroxylation is 2. The number of anilines is 1. The summed E-state index contributed by atoms with van der Waals surface area (Å²) in [4.78, 5) is 24.7. The standard InChI is InChI=1S/C25H26N2O4/c1-3-30-23(28)6-4-5-18-9-8-17(14-26)12-21(18)27-24(29)20-13-25(20)15-31-22-10-7-16(2)11-19(22)25/h7-12,20H,3-6,13,15H2,1-2H3,(H,27,29)/t20-,25?/m0/s1. The monoisotopic (exact) mass is 418 g/mol. The topological polar surface area (TPSA) is 88.4 Å². The van der Waals surface area contributed by atoms with E-state index in [1.165, 1.54) is 0 Å². The molecule has 1 spiro atoms. The summed E-state index contributed by atoms with van der Waals surface area (Å²) in [6.07, 6.45) is 2.30. The van der Waals surface area contributed by atoms with Crippen LogP contribution in [0.15, 0.2) is 36.4 Å². The Balaban J connectivity index is 1.47. The lowest BCUT2D eigenvalue weighted by molar-refractivity contribution is -0.143. The number of nitrogens with one attached hydrogen (secondary N) is 1. The summed E-state index contributed by atoms with van der Waals surface area (Å²) < 4.78 is 10.8. The summed E-state index contributed by atoms with van der Waals surface area (Å²) in [5.41, 5.74) is 4.06. The average Bonchev–Trinajstić information content (AvgIpc) is 3.39. The predicted octanol–water partition coefficient (Wildman–Crippen LogP) is 4.04. The van der Waals surface area contributed by atoms with Crippen LogP contribution >= 0.6 is 0 Å². The van der Waals surface area contributed by atoms with Gasteiger partial charge in [-0.1, -0.05) is 23.8 Å². The molecule has 2 atom stereocenters. The third-order valence-corrected chi connectivity index (χ3v) is 6.18. The van der Waals surface area contributed by atoms with E-state index < -0.39 is 0 Å². The molecule has 1 unspecified atom stereocenters. The van der Waals surface area contributed by atoms with Crippen molar-refractivity contribution in [2.24, 2.45) is 5.92 Å². The summed E-state index contributed by atoms with van der Waals surface area (Å²) in [6, 6.07) is 13.5. The van der Waals surface area contributed by atoms with Crippen LogP contribution in [0.1, 0.15) is 48.4 Å². The van der Waals surface area contributed by atoms with Crippen molar-refractivity contribution in [2.45, 2.75) is 44.9 Å². The fourth-order valence-corrected chi connectivity index (χ4v) is 4.41. The van der Waals surface area contributed by atoms with Crippen LogP contribution in [-0.4, -0.2) is 25.1 Å². The SMILES string of the molecule is CCOC(=O)CCCc1ccc(C#N)cc1NC(=O)[C@@H]1CC12COc1ccc(C)cc12. The zero-order chi connectivity index (χ0) is 22.0. The van der Waals surface area contributed by atoms with Crippen molar-refractivity contribution >= 4 is 17.6 Å². The van der Waals surface area contributed by atoms with Gasteiger partial charge in [-0.15, -0.1) is 0 Å². The number of esters is 1. The van der Waals surface area contributed by atoms with Crippen molar-refractivity contribution in [3.63, 3.8) is 0 Å². The van der Waals surface area contributed by atoms with Gasteiger partial charge in [0.15, 0.2) is 0 Å². The third-order valence-electron chi connectivity index (χ3n) is 6.18. The van der Waals surface area contributed by atoms with E-state index in [2.05, 4.69) is 17.5 Å². The second-order valence-electron chi connectivity index (χ2n) is 8.33. The summed E-state index contributed by atoms with van der Waals surface area (Å²) in [5.74, 6) is 0.428. The van der Waals surface area contributed by atoms with Gasteiger partial charge in [0, 0.05) is 23.1 Å². The van der Waals surface area contributed by atoms with Crippen LogP contribution in [-0.2, 0) is 26.2 Å². The Morgan fingerprint density at radius 2 is 2.13 bits per heavy atom. The molecule has 31 heavy (non-hydrogen) atoms. The quantitative estimate of drug-likeness (QED) is 0.686. The van der Waals surface area contributed by atoms with Crippen LogP contribution in [0.4, 0.5) is 5.69 Å². The molecule has 1 heterocycles. The number of amides is 1. The van der Waals surface area contributed by atoms with E-state index in [1.54, 1.807) is 19.1 Å². The minimum absolute atomic E-state index is 0.0558. The molecule has 1 N–H and O–H groups in total. The number of nitrogens with zero attached hydrogens (tertiary/aromatic N) is 1. The van der Waals surface area contributed by atoms with Gasteiger partial charge >= 0.3 is 5.97 Å². The summed E-state index contributed by atoms with van der Waals surface area (Å²) in [6.45, 7) is 4.71. The Labute approximate surface area is 182 Å². The second kappa shape index (κ2) is 8.43. The highest BCUT2D eigenvalue weighted by Gasteiger charge is 2.63. The number of hydrogen-bond donors (Lipinski definition) is 1. The molecule has 2 aromatic carbocycles. The summed E-state index contributed by atoms with van der Waals surface area (Å²) >= 11 is 0. The molecule has 1 aliphatic carbocycles. The molecule has 1 aliphatic heterocycles. The van der Waals surface area contributed by atoms with E-state index >= 15 is 0 Å². The number of rotatable bonds is 7. The Hall–Kier alpha value is -3.33. The zero-order valence-electron chi connectivity index (χ0n) is 17.9. The van der Waals surface area contributed by atoms with E-state index in [1.807, 2.05) is 25.1 Å². The number of fused-ring (bicyclic) bond motifs is 2. The van der Waals surface area contributed by atoms with E-state index in [9.17, 15) is 14.9 Å². The van der Waals surface area contributed by atoms with Gasteiger partial charge in [0.25, 0.3) is 0 Å². The molecular weight excluding hydrogens is 392 g/mol. The van der Waals surface area contributed by atoms with Crippen molar-refractivity contribution in [1.82, 2.24) is 0 Å². The third kappa shape index (κ3) is 4.13. The smallest absolute Gasteiger partial charge is 0.305 e. The summed E-state index contributed by atoms with van der Waals surface area (Å²) in [5, 5.41) is 12.3. The highest BCUT2D eigenvalue weighted by Crippen LogP contribution is 2.60. The molecule has 0 aromatic heterocycles. The van der Waals surface area contributed by atoms with Gasteiger partial charge in [0.2, 0.25) is 5.91 Å². The minimum Gasteiger partial charge on any atom is -0.492 e. The van der Waals surface area contributed by atoms with E-state index in [0.29, 0.717) is 43.7 Å². The molecule has 4 rings (SSSR count). The molecule has 2 aromatic rings. The Morgan fingerprint density at radius 1 is 1.29 bits per heavy atom. The molecule has 0 radical (unpaired) electrons. The Kier molecular flexibility index (Phi) is 5.69. The predicted molar refractivity (Wildman–Crippen MR) is 116 cm³/mol. The lowest BCUT2D eigenvalue weighted by Crippen LogP contribution is -2.23. The maximum atomic E-state index is 13.1. The lowest BCUT2D eigenvalue weighted by Gasteiger charge is -2.13. The van der Waals surface area contributed by atoms with Crippen molar-refractivity contribution in [3.8, 4) is 11.8 Å². The van der Waals surface area contributed by atoms with Gasteiger partial charge in [-0.25, -0.2) is 0 Å². The van der Waals surface area contributed by atoms with E-state index in [0.717, 1.165) is 28.9 Å². The first-order valence-electron chi connectivity index (χ1n) is 10.7. The largest absolute Gasteiger partial charge is 0.492 e. The van der Waals surface area contributed by atoms with Crippen LogP contribution in [0.2, 0.25) is 0 Å². The van der Waals surface area contributed by atoms with Gasteiger partial charge in [0.05, 0.1) is 30.8 Å². The molecule has 1 fully saturated rings. The van der Waals surface area contributed by atoms with Gasteiger partial charge in [0.1, 0.15) is 5.75 Å². The summed E-state index contributed by atoms with van der Waals surface area (Å²) in [7, 11) is 0. The van der Waals surface area contributed by atoms with Crippen molar-refractivity contribution in [3.05, 3.63) is 58.7 Å². The molecule has 1 amide bonds. The van der Waals surface area contributed by atoms with Gasteiger partial charge in [-0.3, -0.25) is 9.59 Å². The van der Waals surface area contributed by atoms with Gasteiger partial charge in [-0.05, 0) is 56.9 Å². The van der Waals surface area contributed by atoms with Crippen LogP contribution in [0, 0.1) is 24.2 Å². The average molecular weight is 418 g/mol. The van der Waals surface area contributed by atoms with Crippen LogP contribution in [0.5, 0.6) is 5.75 Å². The maximum Gasteiger partial charge on any atom is 0.305 e. The van der Waals surface area contributed by atoms with Crippen molar-refractivity contribution < 1.29 is 19.1 Å². The maximum absolute atomic E-state index is 13.1. The Bertz CT molecular complexity index is 1070. The Morgan fingerprint density at radius 3 is 2.90 bits per heavy atom. The molecule has 1 saturated carbocycles. The normalized spacial score (nSPS) is 20.5. The molecule has 0 saturated heterocycles. The first kappa shape index (κ1) is 20.9. The zero-order valence-corrected chi connectivity index (χ0v) is 17.9. The minimum atomic E-state index is -0.248. The van der Waals surface area contributed by atoms with Crippen LogP contribution in [0.3, 0.4) is 0 Å². The van der Waals surface area contributed by atoms with Gasteiger partial charge in [-0.2, -0.15) is 5.26 Å². The van der Waals surface area contributed by atoms with Crippen LogP contribution in [0.25, 0.3) is 0 Å². The highest BCUT2D eigenvalue weighted by atomic mass is 16.5. The number of ether oxygens (including phenoxy) is 2. The van der Waals surface area contributed by atoms with E-state index in [-0.39, 0.29) is 23.2 Å². The number of carbonyl (C=O) groups excluding carboxylic acids is 2. The van der Waals surface area contributed by atoms with Crippen LogP contribution < -0.4 is 10.1 Å². The molecule has 6 nitrogen and oxygen atoms in total. The lowest BCUT2D eigenvalue weighted by atomic mass is 9.94. The number of hydrogen-bond acceptors (Lipinski definition) is 5. The number of carbonyl (C=O) groups is 2. The van der Waals surface area contributed by atoms with E-state index in [4.69, 9.17) is 9.47 Å². The number of benzene rings is 2. The molecular formula is C25H26N2O4. The molecule has 0 bridgehead atoms. The first-order valence-corrected chi connectivity index (χ1v) is 10.7. The number of nitriles is 1. The fourth-order valence-electron chi connectivity index (χ4n) is 4.41.